The van der Waals surface area contributed by atoms with E-state index in [9.17, 15) is 17.6 Å². The first-order chi connectivity index (χ1) is 7.84. The van der Waals surface area contributed by atoms with Gasteiger partial charge in [-0.25, -0.2) is 17.6 Å². The van der Waals surface area contributed by atoms with Crippen molar-refractivity contribution in [1.29, 1.82) is 0 Å². The first-order valence-corrected chi connectivity index (χ1v) is 5.43. The van der Waals surface area contributed by atoms with Crippen molar-refractivity contribution in [3.63, 3.8) is 0 Å². The Hall–Kier alpha value is -0.810. The molecule has 0 amide bonds. The third-order valence-electron chi connectivity index (χ3n) is 2.57. The molecule has 1 aromatic rings. The SMILES string of the molecule is CC(C)CC[C@H](N)c1c(F)c(F)cc(F)c1F.Cl. The predicted molar refractivity (Wildman–Crippen MR) is 64.5 cm³/mol. The van der Waals surface area contributed by atoms with Crippen molar-refractivity contribution in [3.8, 4) is 0 Å². The standard InChI is InChI=1S/C12H15F4N.ClH/c1-6(2)3-4-9(17)10-11(15)7(13)5-8(14)12(10)16;/h5-6,9H,3-4,17H2,1-2H3;1H/t9-;/m0./s1. The Kier molecular flexibility index (Phi) is 6.63. The maximum Gasteiger partial charge on any atom is 0.166 e. The van der Waals surface area contributed by atoms with E-state index in [1.54, 1.807) is 0 Å². The molecule has 1 atom stereocenters. The van der Waals surface area contributed by atoms with Gasteiger partial charge in [-0.15, -0.1) is 12.4 Å². The number of rotatable bonds is 4. The molecule has 1 rings (SSSR count). The average molecular weight is 286 g/mol. The molecule has 0 aliphatic rings. The van der Waals surface area contributed by atoms with Crippen molar-refractivity contribution in [2.75, 3.05) is 0 Å². The Morgan fingerprint density at radius 2 is 1.44 bits per heavy atom. The Labute approximate surface area is 110 Å². The number of nitrogens with two attached hydrogens (primary N) is 1. The zero-order chi connectivity index (χ0) is 13.2. The highest BCUT2D eigenvalue weighted by Crippen LogP contribution is 2.27. The van der Waals surface area contributed by atoms with E-state index in [0.29, 0.717) is 12.3 Å². The van der Waals surface area contributed by atoms with Crippen LogP contribution in [-0.2, 0) is 0 Å². The Bertz CT molecular complexity index is 383. The zero-order valence-electron chi connectivity index (χ0n) is 10.1. The van der Waals surface area contributed by atoms with Gasteiger partial charge in [0.2, 0.25) is 0 Å². The van der Waals surface area contributed by atoms with Crippen molar-refractivity contribution < 1.29 is 17.6 Å². The Morgan fingerprint density at radius 3 is 1.83 bits per heavy atom. The Morgan fingerprint density at radius 1 is 1.00 bits per heavy atom. The quantitative estimate of drug-likeness (QED) is 0.654. The average Bonchev–Trinajstić information content (AvgIpc) is 2.24. The third-order valence-corrected chi connectivity index (χ3v) is 2.57. The highest BCUT2D eigenvalue weighted by molar-refractivity contribution is 5.85. The molecule has 0 bridgehead atoms. The van der Waals surface area contributed by atoms with Gasteiger partial charge < -0.3 is 5.73 Å². The molecular weight excluding hydrogens is 270 g/mol. The molecule has 1 nitrogen and oxygen atoms in total. The summed E-state index contributed by atoms with van der Waals surface area (Å²) < 4.78 is 52.6. The molecule has 6 heteroatoms. The molecule has 2 N–H and O–H groups in total. The summed E-state index contributed by atoms with van der Waals surface area (Å²) in [6.45, 7) is 3.84. The van der Waals surface area contributed by atoms with Crippen LogP contribution in [0, 0.1) is 29.2 Å². The fourth-order valence-electron chi connectivity index (χ4n) is 1.57. The van der Waals surface area contributed by atoms with Gasteiger partial charge in [-0.3, -0.25) is 0 Å². The van der Waals surface area contributed by atoms with Crippen LogP contribution in [0.4, 0.5) is 17.6 Å². The summed E-state index contributed by atoms with van der Waals surface area (Å²) in [7, 11) is 0. The van der Waals surface area contributed by atoms with Gasteiger partial charge >= 0.3 is 0 Å². The van der Waals surface area contributed by atoms with Crippen LogP contribution in [0.1, 0.15) is 38.3 Å². The molecule has 0 radical (unpaired) electrons. The van der Waals surface area contributed by atoms with Gasteiger partial charge in [-0.2, -0.15) is 0 Å². The van der Waals surface area contributed by atoms with Crippen LogP contribution in [-0.4, -0.2) is 0 Å². The van der Waals surface area contributed by atoms with Gasteiger partial charge in [0.1, 0.15) is 0 Å². The molecule has 104 valence electrons. The highest BCUT2D eigenvalue weighted by Gasteiger charge is 2.23. The minimum Gasteiger partial charge on any atom is -0.324 e. The first-order valence-electron chi connectivity index (χ1n) is 5.43. The van der Waals surface area contributed by atoms with Gasteiger partial charge in [0.05, 0.1) is 0 Å². The topological polar surface area (TPSA) is 26.0 Å². The second kappa shape index (κ2) is 6.95. The van der Waals surface area contributed by atoms with Crippen LogP contribution in [0.15, 0.2) is 6.07 Å². The van der Waals surface area contributed by atoms with Gasteiger partial charge in [-0.05, 0) is 18.8 Å². The van der Waals surface area contributed by atoms with E-state index in [1.165, 1.54) is 0 Å². The number of hydrogen-bond acceptors (Lipinski definition) is 1. The highest BCUT2D eigenvalue weighted by atomic mass is 35.5. The van der Waals surface area contributed by atoms with E-state index in [-0.39, 0.29) is 24.9 Å². The molecule has 0 aromatic heterocycles. The minimum absolute atomic E-state index is 0. The summed E-state index contributed by atoms with van der Waals surface area (Å²) in [6.07, 6.45) is 0.895. The second-order valence-corrected chi connectivity index (χ2v) is 4.46. The third kappa shape index (κ3) is 3.85. The summed E-state index contributed by atoms with van der Waals surface area (Å²) in [6, 6.07) is -0.855. The predicted octanol–water partition coefficient (Wildman–Crippen LogP) is 4.10. The van der Waals surface area contributed by atoms with Crippen molar-refractivity contribution in [3.05, 3.63) is 34.9 Å². The second-order valence-electron chi connectivity index (χ2n) is 4.46. The van der Waals surface area contributed by atoms with Crippen molar-refractivity contribution >= 4 is 12.4 Å². The summed E-state index contributed by atoms with van der Waals surface area (Å²) in [4.78, 5) is 0. The lowest BCUT2D eigenvalue weighted by Gasteiger charge is -2.15. The molecule has 0 aliphatic carbocycles. The van der Waals surface area contributed by atoms with E-state index < -0.39 is 34.9 Å². The van der Waals surface area contributed by atoms with Gasteiger partial charge in [-0.1, -0.05) is 13.8 Å². The summed E-state index contributed by atoms with van der Waals surface area (Å²) in [5.74, 6) is -5.34. The van der Waals surface area contributed by atoms with Crippen LogP contribution >= 0.6 is 12.4 Å². The van der Waals surface area contributed by atoms with Crippen LogP contribution in [0.5, 0.6) is 0 Å². The number of halogens is 5. The molecule has 0 saturated carbocycles. The summed E-state index contributed by atoms with van der Waals surface area (Å²) in [5, 5.41) is 0. The first kappa shape index (κ1) is 17.2. The fourth-order valence-corrected chi connectivity index (χ4v) is 1.57. The smallest absolute Gasteiger partial charge is 0.166 e. The molecule has 0 saturated heterocycles. The van der Waals surface area contributed by atoms with Crippen molar-refractivity contribution in [2.45, 2.75) is 32.7 Å². The van der Waals surface area contributed by atoms with Crippen LogP contribution in [0.3, 0.4) is 0 Å². The van der Waals surface area contributed by atoms with E-state index in [4.69, 9.17) is 5.73 Å². The van der Waals surface area contributed by atoms with E-state index in [1.807, 2.05) is 13.8 Å². The normalized spacial score (nSPS) is 12.4. The van der Waals surface area contributed by atoms with Crippen LogP contribution in [0.25, 0.3) is 0 Å². The van der Waals surface area contributed by atoms with Gasteiger partial charge in [0, 0.05) is 17.7 Å². The zero-order valence-corrected chi connectivity index (χ0v) is 11.0. The van der Waals surface area contributed by atoms with Crippen molar-refractivity contribution in [1.82, 2.24) is 0 Å². The maximum atomic E-state index is 13.4. The molecule has 0 unspecified atom stereocenters. The molecule has 1 aromatic carbocycles. The lowest BCUT2D eigenvalue weighted by molar-refractivity contribution is 0.412. The van der Waals surface area contributed by atoms with Gasteiger partial charge in [0.25, 0.3) is 0 Å². The number of benzene rings is 1. The molecule has 0 heterocycles. The lowest BCUT2D eigenvalue weighted by Crippen LogP contribution is -2.17. The maximum absolute atomic E-state index is 13.4. The largest absolute Gasteiger partial charge is 0.324 e. The minimum atomic E-state index is -1.42. The van der Waals surface area contributed by atoms with Crippen LogP contribution in [0.2, 0.25) is 0 Å². The van der Waals surface area contributed by atoms with E-state index >= 15 is 0 Å². The molecule has 0 aliphatic heterocycles. The Balaban J connectivity index is 0.00000289. The molecule has 0 spiro atoms. The van der Waals surface area contributed by atoms with Gasteiger partial charge in [0.15, 0.2) is 23.3 Å². The fraction of sp³-hybridized carbons (Fsp3) is 0.500. The molecular formula is C12H16ClF4N. The monoisotopic (exact) mass is 285 g/mol. The summed E-state index contributed by atoms with van der Waals surface area (Å²) >= 11 is 0. The van der Waals surface area contributed by atoms with Crippen LogP contribution < -0.4 is 5.73 Å². The number of hydrogen-bond donors (Lipinski definition) is 1. The summed E-state index contributed by atoms with van der Waals surface area (Å²) in [5.41, 5.74) is 4.86. The molecule has 18 heavy (non-hydrogen) atoms. The van der Waals surface area contributed by atoms with E-state index in [2.05, 4.69) is 0 Å². The molecule has 0 fully saturated rings. The van der Waals surface area contributed by atoms with E-state index in [0.717, 1.165) is 0 Å². The van der Waals surface area contributed by atoms with Crippen molar-refractivity contribution in [2.24, 2.45) is 11.7 Å². The lowest BCUT2D eigenvalue weighted by atomic mass is 9.97.